The van der Waals surface area contributed by atoms with E-state index in [9.17, 15) is 9.59 Å². The summed E-state index contributed by atoms with van der Waals surface area (Å²) in [6.07, 6.45) is 0. The highest BCUT2D eigenvalue weighted by Gasteiger charge is 2.13. The van der Waals surface area contributed by atoms with Crippen LogP contribution in [0.5, 0.6) is 0 Å². The lowest BCUT2D eigenvalue weighted by Crippen LogP contribution is -2.30. The molecule has 5 nitrogen and oxygen atoms in total. The smallest absolute Gasteiger partial charge is 0.336 e. The van der Waals surface area contributed by atoms with Gasteiger partial charge in [0.05, 0.1) is 6.54 Å². The van der Waals surface area contributed by atoms with E-state index >= 15 is 0 Å². The number of likely N-dealkylation sites (N-methyl/N-ethyl adjacent to an activating group) is 1. The number of nitrogens with zero attached hydrogens (tertiary/aromatic N) is 1. The van der Waals surface area contributed by atoms with Gasteiger partial charge in [-0.1, -0.05) is 23.7 Å². The van der Waals surface area contributed by atoms with Crippen molar-refractivity contribution in [2.45, 2.75) is 27.3 Å². The zero-order valence-electron chi connectivity index (χ0n) is 16.4. The number of halogens is 1. The molecule has 2 aromatic carbocycles. The van der Waals surface area contributed by atoms with Crippen LogP contribution in [0.15, 0.2) is 45.6 Å². The number of amides is 1. The van der Waals surface area contributed by atoms with Gasteiger partial charge < -0.3 is 9.73 Å². The zero-order valence-corrected chi connectivity index (χ0v) is 17.2. The molecule has 0 spiro atoms. The molecule has 0 aliphatic heterocycles. The minimum atomic E-state index is -0.419. The van der Waals surface area contributed by atoms with E-state index < -0.39 is 5.63 Å². The van der Waals surface area contributed by atoms with E-state index in [1.54, 1.807) is 12.1 Å². The monoisotopic (exact) mass is 398 g/mol. The van der Waals surface area contributed by atoms with Crippen LogP contribution >= 0.6 is 11.6 Å². The second kappa shape index (κ2) is 8.17. The Morgan fingerprint density at radius 3 is 2.64 bits per heavy atom. The lowest BCUT2D eigenvalue weighted by molar-refractivity contribution is -0.117. The van der Waals surface area contributed by atoms with Crippen LogP contribution in [0.2, 0.25) is 5.02 Å². The quantitative estimate of drug-likeness (QED) is 0.645. The minimum Gasteiger partial charge on any atom is -0.423 e. The lowest BCUT2D eigenvalue weighted by atomic mass is 10.1. The first-order valence-corrected chi connectivity index (χ1v) is 9.40. The molecule has 0 radical (unpaired) electrons. The first-order chi connectivity index (χ1) is 13.2. The fourth-order valence-electron chi connectivity index (χ4n) is 3.15. The van der Waals surface area contributed by atoms with Gasteiger partial charge in [-0.3, -0.25) is 9.69 Å². The molecular weight excluding hydrogens is 376 g/mol. The number of carbonyl (C=O) groups is 1. The number of hydrogen-bond donors (Lipinski definition) is 1. The summed E-state index contributed by atoms with van der Waals surface area (Å²) < 4.78 is 5.29. The fraction of sp³-hybridized carbons (Fsp3) is 0.273. The van der Waals surface area contributed by atoms with Crippen LogP contribution < -0.4 is 10.9 Å². The van der Waals surface area contributed by atoms with Gasteiger partial charge in [0.25, 0.3) is 0 Å². The molecule has 0 saturated heterocycles. The molecular formula is C22H23ClN2O3. The Hall–Kier alpha value is -2.63. The summed E-state index contributed by atoms with van der Waals surface area (Å²) in [5.41, 5.74) is 4.68. The number of hydrogen-bond acceptors (Lipinski definition) is 4. The van der Waals surface area contributed by atoms with Gasteiger partial charge in [-0.15, -0.1) is 0 Å². The van der Waals surface area contributed by atoms with Crippen molar-refractivity contribution in [3.05, 3.63) is 74.1 Å². The largest absolute Gasteiger partial charge is 0.423 e. The summed E-state index contributed by atoms with van der Waals surface area (Å²) in [7, 11) is 1.83. The predicted octanol–water partition coefficient (Wildman–Crippen LogP) is 4.44. The summed E-state index contributed by atoms with van der Waals surface area (Å²) in [5, 5.41) is 4.34. The number of carbonyl (C=O) groups excluding carboxylic acids is 1. The normalized spacial score (nSPS) is 11.2. The van der Waals surface area contributed by atoms with E-state index in [0.29, 0.717) is 17.2 Å². The van der Waals surface area contributed by atoms with Gasteiger partial charge in [0.1, 0.15) is 5.58 Å². The molecule has 146 valence electrons. The van der Waals surface area contributed by atoms with Gasteiger partial charge >= 0.3 is 5.63 Å². The van der Waals surface area contributed by atoms with E-state index in [2.05, 4.69) is 5.32 Å². The maximum absolute atomic E-state index is 12.5. The van der Waals surface area contributed by atoms with Crippen molar-refractivity contribution in [3.63, 3.8) is 0 Å². The lowest BCUT2D eigenvalue weighted by Gasteiger charge is -2.18. The Bertz CT molecular complexity index is 1100. The van der Waals surface area contributed by atoms with Crippen molar-refractivity contribution in [3.8, 4) is 0 Å². The average Bonchev–Trinajstić information content (AvgIpc) is 2.60. The van der Waals surface area contributed by atoms with Gasteiger partial charge in [-0.25, -0.2) is 4.79 Å². The molecule has 3 rings (SSSR count). The number of benzene rings is 2. The zero-order chi connectivity index (χ0) is 20.4. The van der Waals surface area contributed by atoms with Gasteiger partial charge in [0, 0.05) is 28.7 Å². The van der Waals surface area contributed by atoms with Crippen LogP contribution in [0.1, 0.15) is 22.3 Å². The maximum Gasteiger partial charge on any atom is 0.336 e. The van der Waals surface area contributed by atoms with Crippen LogP contribution in [0.3, 0.4) is 0 Å². The minimum absolute atomic E-state index is 0.114. The van der Waals surface area contributed by atoms with Crippen molar-refractivity contribution in [1.82, 2.24) is 4.90 Å². The number of aryl methyl sites for hydroxylation is 2. The standard InChI is InChI=1S/C22H23ClN2O3/c1-13-6-5-7-19(15(13)3)24-21(26)12-25(4)11-16-9-22(27)28-20-8-14(2)18(23)10-17(16)20/h5-10H,11-12H2,1-4H3,(H,24,26). The van der Waals surface area contributed by atoms with Crippen molar-refractivity contribution in [2.75, 3.05) is 18.9 Å². The number of anilines is 1. The third-order valence-corrected chi connectivity index (χ3v) is 5.25. The van der Waals surface area contributed by atoms with Gasteiger partial charge in [-0.05, 0) is 68.3 Å². The summed E-state index contributed by atoms with van der Waals surface area (Å²) in [6.45, 7) is 6.46. The van der Waals surface area contributed by atoms with Gasteiger partial charge in [-0.2, -0.15) is 0 Å². The predicted molar refractivity (Wildman–Crippen MR) is 113 cm³/mol. The molecule has 0 bridgehead atoms. The van der Waals surface area contributed by atoms with Crippen LogP contribution in [-0.2, 0) is 11.3 Å². The van der Waals surface area contributed by atoms with E-state index in [-0.39, 0.29) is 12.5 Å². The van der Waals surface area contributed by atoms with Crippen LogP contribution in [0, 0.1) is 20.8 Å². The highest BCUT2D eigenvalue weighted by molar-refractivity contribution is 6.32. The molecule has 1 heterocycles. The number of fused-ring (bicyclic) bond motifs is 1. The highest BCUT2D eigenvalue weighted by atomic mass is 35.5. The number of rotatable bonds is 5. The van der Waals surface area contributed by atoms with E-state index in [4.69, 9.17) is 16.0 Å². The molecule has 0 saturated carbocycles. The van der Waals surface area contributed by atoms with Crippen LogP contribution in [-0.4, -0.2) is 24.4 Å². The second-order valence-corrected chi connectivity index (χ2v) is 7.56. The maximum atomic E-state index is 12.5. The van der Waals surface area contributed by atoms with E-state index in [1.165, 1.54) is 6.07 Å². The van der Waals surface area contributed by atoms with Crippen molar-refractivity contribution >= 4 is 34.2 Å². The molecule has 0 unspecified atom stereocenters. The van der Waals surface area contributed by atoms with Gasteiger partial charge in [0.15, 0.2) is 0 Å². The topological polar surface area (TPSA) is 62.6 Å². The summed E-state index contributed by atoms with van der Waals surface area (Å²) >= 11 is 6.24. The second-order valence-electron chi connectivity index (χ2n) is 7.16. The average molecular weight is 399 g/mol. The van der Waals surface area contributed by atoms with Gasteiger partial charge in [0.2, 0.25) is 5.91 Å². The number of nitrogens with one attached hydrogen (secondary N) is 1. The molecule has 1 amide bonds. The third kappa shape index (κ3) is 4.43. The third-order valence-electron chi connectivity index (χ3n) is 4.84. The summed E-state index contributed by atoms with van der Waals surface area (Å²) in [4.78, 5) is 26.2. The Morgan fingerprint density at radius 2 is 1.89 bits per heavy atom. The summed E-state index contributed by atoms with van der Waals surface area (Å²) in [6, 6.07) is 10.8. The summed E-state index contributed by atoms with van der Waals surface area (Å²) in [5.74, 6) is -0.114. The molecule has 0 fully saturated rings. The molecule has 3 aromatic rings. The first kappa shape index (κ1) is 20.1. The first-order valence-electron chi connectivity index (χ1n) is 9.02. The Labute approximate surface area is 168 Å². The molecule has 6 heteroatoms. The molecule has 1 aromatic heterocycles. The Morgan fingerprint density at radius 1 is 1.14 bits per heavy atom. The highest BCUT2D eigenvalue weighted by Crippen LogP contribution is 2.26. The molecule has 0 aliphatic carbocycles. The molecule has 0 atom stereocenters. The fourth-order valence-corrected chi connectivity index (χ4v) is 3.31. The SMILES string of the molecule is Cc1cc2oc(=O)cc(CN(C)CC(=O)Nc3cccc(C)c3C)c2cc1Cl. The molecule has 0 aliphatic rings. The van der Waals surface area contributed by atoms with E-state index in [1.807, 2.05) is 50.9 Å². The Kier molecular flexibility index (Phi) is 5.87. The molecule has 28 heavy (non-hydrogen) atoms. The van der Waals surface area contributed by atoms with Crippen molar-refractivity contribution in [1.29, 1.82) is 0 Å². The van der Waals surface area contributed by atoms with Crippen LogP contribution in [0.4, 0.5) is 5.69 Å². The van der Waals surface area contributed by atoms with E-state index in [0.717, 1.165) is 33.3 Å². The Balaban J connectivity index is 1.77. The van der Waals surface area contributed by atoms with Crippen LogP contribution in [0.25, 0.3) is 11.0 Å². The molecule has 1 N–H and O–H groups in total. The van der Waals surface area contributed by atoms with Crippen molar-refractivity contribution in [2.24, 2.45) is 0 Å². The van der Waals surface area contributed by atoms with Crippen molar-refractivity contribution < 1.29 is 9.21 Å².